The summed E-state index contributed by atoms with van der Waals surface area (Å²) in [5.74, 6) is 0.378. The average Bonchev–Trinajstić information content (AvgIpc) is 3.52. The van der Waals surface area contributed by atoms with Gasteiger partial charge in [-0.05, 0) is 74.5 Å². The molecule has 2 aromatic heterocycles. The van der Waals surface area contributed by atoms with Crippen LogP contribution in [0.2, 0.25) is 0 Å². The van der Waals surface area contributed by atoms with Crippen LogP contribution < -0.4 is 9.64 Å². The second-order valence-electron chi connectivity index (χ2n) is 11.8. The maximum Gasteiger partial charge on any atom is 0.319 e. The number of aldehydes is 1. The van der Waals surface area contributed by atoms with Gasteiger partial charge in [-0.1, -0.05) is 24.3 Å². The molecule has 1 saturated carbocycles. The molecule has 9 heteroatoms. The molecule has 40 heavy (non-hydrogen) atoms. The van der Waals surface area contributed by atoms with Gasteiger partial charge in [-0.3, -0.25) is 4.98 Å². The van der Waals surface area contributed by atoms with E-state index in [4.69, 9.17) is 9.72 Å². The molecule has 8 nitrogen and oxygen atoms in total. The Morgan fingerprint density at radius 3 is 2.90 bits per heavy atom. The summed E-state index contributed by atoms with van der Waals surface area (Å²) in [6.45, 7) is 2.71. The van der Waals surface area contributed by atoms with E-state index >= 15 is 4.39 Å². The number of aromatic nitrogens is 3. The Bertz CT molecular complexity index is 1630. The maximum atomic E-state index is 16.5. The smallest absolute Gasteiger partial charge is 0.319 e. The zero-order valence-electron chi connectivity index (χ0n) is 22.5. The fraction of sp³-hybridized carbons (Fsp3) is 0.419. The number of pyridine rings is 1. The fourth-order valence-electron chi connectivity index (χ4n) is 7.00. The number of halogens is 1. The number of hydrogen-bond donors (Lipinski definition) is 1. The van der Waals surface area contributed by atoms with Crippen LogP contribution in [0.1, 0.15) is 32.1 Å². The number of carbonyl (C=O) groups excluding carboxylic acids is 1. The van der Waals surface area contributed by atoms with Crippen molar-refractivity contribution in [2.75, 3.05) is 38.2 Å². The van der Waals surface area contributed by atoms with Crippen molar-refractivity contribution in [1.82, 2.24) is 19.9 Å². The normalized spacial score (nSPS) is 24.7. The van der Waals surface area contributed by atoms with Crippen molar-refractivity contribution in [3.05, 3.63) is 48.4 Å². The second-order valence-corrected chi connectivity index (χ2v) is 11.8. The predicted octanol–water partition coefficient (Wildman–Crippen LogP) is 4.97. The Morgan fingerprint density at radius 1 is 1.20 bits per heavy atom. The first-order valence-corrected chi connectivity index (χ1v) is 14.1. The SMILES string of the molecule is CN1CCC[C@H]1COc1nc(N2CC3CCC(C=O)(C3)C2)c2cnc(-c3cc(O)cc4ccccc34)c(F)c2n1. The van der Waals surface area contributed by atoms with Crippen molar-refractivity contribution in [3.8, 4) is 23.0 Å². The molecule has 1 N–H and O–H groups in total. The van der Waals surface area contributed by atoms with Gasteiger partial charge in [0.15, 0.2) is 5.82 Å². The highest BCUT2D eigenvalue weighted by Crippen LogP contribution is 2.47. The van der Waals surface area contributed by atoms with E-state index in [0.29, 0.717) is 35.8 Å². The number of rotatable bonds is 6. The summed E-state index contributed by atoms with van der Waals surface area (Å²) in [6, 6.07) is 11.1. The molecule has 0 radical (unpaired) electrons. The number of aromatic hydroxyl groups is 1. The molecule has 2 bridgehead atoms. The summed E-state index contributed by atoms with van der Waals surface area (Å²) in [6.07, 6.45) is 7.59. The molecule has 4 aromatic rings. The van der Waals surface area contributed by atoms with Crippen LogP contribution >= 0.6 is 0 Å². The number of likely N-dealkylation sites (N-methyl/N-ethyl adjacent to an activating group) is 1. The maximum absolute atomic E-state index is 16.5. The summed E-state index contributed by atoms with van der Waals surface area (Å²) in [5, 5.41) is 12.4. The quantitative estimate of drug-likeness (QED) is 0.342. The largest absolute Gasteiger partial charge is 0.508 e. The van der Waals surface area contributed by atoms with Gasteiger partial charge in [0.25, 0.3) is 0 Å². The zero-order chi connectivity index (χ0) is 27.4. The van der Waals surface area contributed by atoms with E-state index < -0.39 is 11.2 Å². The molecule has 2 saturated heterocycles. The summed E-state index contributed by atoms with van der Waals surface area (Å²) in [7, 11) is 2.08. The Hall–Kier alpha value is -3.85. The van der Waals surface area contributed by atoms with Gasteiger partial charge in [-0.25, -0.2) is 4.39 Å². The number of ether oxygens (including phenoxy) is 1. The fourth-order valence-corrected chi connectivity index (χ4v) is 7.00. The van der Waals surface area contributed by atoms with E-state index in [1.54, 1.807) is 12.3 Å². The van der Waals surface area contributed by atoms with E-state index in [1.807, 2.05) is 24.3 Å². The molecule has 3 atom stereocenters. The number of phenolic OH excluding ortho intramolecular Hbond substituents is 1. The number of piperidine rings is 1. The van der Waals surface area contributed by atoms with E-state index in [0.717, 1.165) is 62.3 Å². The molecule has 7 rings (SSSR count). The van der Waals surface area contributed by atoms with Crippen molar-refractivity contribution in [3.63, 3.8) is 0 Å². The summed E-state index contributed by atoms with van der Waals surface area (Å²) >= 11 is 0. The number of benzene rings is 2. The highest BCUT2D eigenvalue weighted by Gasteiger charge is 2.46. The van der Waals surface area contributed by atoms with Crippen LogP contribution in [-0.4, -0.2) is 70.6 Å². The van der Waals surface area contributed by atoms with E-state index in [2.05, 4.69) is 26.8 Å². The van der Waals surface area contributed by atoms with Crippen molar-refractivity contribution < 1.29 is 19.0 Å². The van der Waals surface area contributed by atoms with Gasteiger partial charge in [0.1, 0.15) is 35.7 Å². The van der Waals surface area contributed by atoms with Gasteiger partial charge in [0.2, 0.25) is 0 Å². The van der Waals surface area contributed by atoms with Gasteiger partial charge < -0.3 is 24.4 Å². The standard InChI is InChI=1S/C31H32FN5O3/c1-36-10-4-6-21(36)16-40-30-34-28-25(29(35-30)37-15-19-8-9-31(13-19,17-37)18-38)14-33-27(26(28)32)24-12-22(39)11-20-5-2-3-7-23(20)24/h2-3,5,7,11-12,14,18-19,21,39H,4,6,8-10,13,15-17H2,1H3/t19?,21-,31?/m0/s1. The van der Waals surface area contributed by atoms with E-state index in [1.165, 1.54) is 6.07 Å². The molecule has 206 valence electrons. The lowest BCUT2D eigenvalue weighted by Gasteiger charge is -2.38. The number of hydrogen-bond acceptors (Lipinski definition) is 8. The van der Waals surface area contributed by atoms with E-state index in [-0.39, 0.29) is 29.0 Å². The summed E-state index contributed by atoms with van der Waals surface area (Å²) in [5.41, 5.74) is 0.311. The Balaban J connectivity index is 1.36. The third-order valence-electron chi connectivity index (χ3n) is 9.10. The molecule has 3 aliphatic rings. The Kier molecular flexibility index (Phi) is 6.07. The molecule has 1 aliphatic carbocycles. The molecular weight excluding hydrogens is 509 g/mol. The summed E-state index contributed by atoms with van der Waals surface area (Å²) in [4.78, 5) is 30.4. The molecule has 4 heterocycles. The number of fused-ring (bicyclic) bond motifs is 4. The van der Waals surface area contributed by atoms with Gasteiger partial charge in [-0.2, -0.15) is 9.97 Å². The first-order chi connectivity index (χ1) is 19.4. The van der Waals surface area contributed by atoms with Crippen LogP contribution in [0, 0.1) is 17.2 Å². The Morgan fingerprint density at radius 2 is 2.08 bits per heavy atom. The van der Waals surface area contributed by atoms with Gasteiger partial charge in [0.05, 0.1) is 5.39 Å². The van der Waals surface area contributed by atoms with Crippen molar-refractivity contribution >= 4 is 33.8 Å². The Labute approximate surface area is 231 Å². The monoisotopic (exact) mass is 541 g/mol. The van der Waals surface area contributed by atoms with Crippen LogP contribution in [-0.2, 0) is 4.79 Å². The van der Waals surface area contributed by atoms with E-state index in [9.17, 15) is 9.90 Å². The molecule has 3 fully saturated rings. The number of phenols is 1. The molecular formula is C31H32FN5O3. The van der Waals surface area contributed by atoms with Crippen LogP contribution in [0.15, 0.2) is 42.6 Å². The van der Waals surface area contributed by atoms with Crippen molar-refractivity contribution in [2.24, 2.45) is 11.3 Å². The predicted molar refractivity (Wildman–Crippen MR) is 151 cm³/mol. The third-order valence-corrected chi connectivity index (χ3v) is 9.10. The minimum absolute atomic E-state index is 0.0334. The molecule has 0 amide bonds. The van der Waals surface area contributed by atoms with Gasteiger partial charge in [-0.15, -0.1) is 0 Å². The lowest BCUT2D eigenvalue weighted by Crippen LogP contribution is -2.44. The first-order valence-electron chi connectivity index (χ1n) is 14.1. The number of carbonyl (C=O) groups is 1. The third kappa shape index (κ3) is 4.23. The lowest BCUT2D eigenvalue weighted by molar-refractivity contribution is -0.116. The van der Waals surface area contributed by atoms with Crippen LogP contribution in [0.5, 0.6) is 11.8 Å². The highest BCUT2D eigenvalue weighted by molar-refractivity contribution is 6.00. The molecule has 0 spiro atoms. The molecule has 2 aromatic carbocycles. The first kappa shape index (κ1) is 25.1. The topological polar surface area (TPSA) is 91.7 Å². The minimum atomic E-state index is -0.593. The average molecular weight is 542 g/mol. The highest BCUT2D eigenvalue weighted by atomic mass is 19.1. The molecule has 2 unspecified atom stereocenters. The minimum Gasteiger partial charge on any atom is -0.508 e. The number of nitrogens with zero attached hydrogens (tertiary/aromatic N) is 5. The van der Waals surface area contributed by atoms with Crippen molar-refractivity contribution in [2.45, 2.75) is 38.1 Å². The molecule has 2 aliphatic heterocycles. The summed E-state index contributed by atoms with van der Waals surface area (Å²) < 4.78 is 22.6. The van der Waals surface area contributed by atoms with Gasteiger partial charge >= 0.3 is 6.01 Å². The lowest BCUT2D eigenvalue weighted by atomic mass is 9.83. The van der Waals surface area contributed by atoms with Crippen LogP contribution in [0.25, 0.3) is 32.9 Å². The zero-order valence-corrected chi connectivity index (χ0v) is 22.5. The number of anilines is 1. The second kappa shape index (κ2) is 9.66. The van der Waals surface area contributed by atoms with Gasteiger partial charge in [0, 0.05) is 36.3 Å². The van der Waals surface area contributed by atoms with Crippen molar-refractivity contribution in [1.29, 1.82) is 0 Å². The number of likely N-dealkylation sites (tertiary alicyclic amines) is 1. The van der Waals surface area contributed by atoms with Crippen LogP contribution in [0.4, 0.5) is 10.2 Å². The van der Waals surface area contributed by atoms with Crippen LogP contribution in [0.3, 0.4) is 0 Å².